The van der Waals surface area contributed by atoms with Gasteiger partial charge in [0.25, 0.3) is 5.91 Å². The fraction of sp³-hybridized carbons (Fsp3) is 0.632. The smallest absolute Gasteiger partial charge is 0.252 e. The Morgan fingerprint density at radius 2 is 2.04 bits per heavy atom. The van der Waals surface area contributed by atoms with E-state index in [4.69, 9.17) is 0 Å². The van der Waals surface area contributed by atoms with Gasteiger partial charge in [0.15, 0.2) is 0 Å². The molecule has 0 spiro atoms. The van der Waals surface area contributed by atoms with Gasteiger partial charge >= 0.3 is 0 Å². The average Bonchev–Trinajstić information content (AvgIpc) is 2.52. The van der Waals surface area contributed by atoms with Gasteiger partial charge in [-0.1, -0.05) is 51.5 Å². The Hall–Kier alpha value is -1.39. The van der Waals surface area contributed by atoms with Crippen molar-refractivity contribution in [2.24, 2.45) is 17.8 Å². The zero-order valence-electron chi connectivity index (χ0n) is 14.4. The Bertz CT molecular complexity index is 543. The molecule has 0 saturated heterocycles. The maximum atomic E-state index is 12.7. The van der Waals surface area contributed by atoms with E-state index in [0.29, 0.717) is 18.9 Å². The van der Waals surface area contributed by atoms with Gasteiger partial charge in [0.2, 0.25) is 0 Å². The van der Waals surface area contributed by atoms with E-state index in [0.717, 1.165) is 24.0 Å². The van der Waals surface area contributed by atoms with Gasteiger partial charge in [0, 0.05) is 6.54 Å². The van der Waals surface area contributed by atoms with Gasteiger partial charge in [-0.05, 0) is 41.7 Å². The van der Waals surface area contributed by atoms with E-state index in [9.17, 15) is 15.0 Å². The SMILES string of the molecule is CC1CCC(C(C)C)[C@@](O)(C(=O)NCc2cccc(CO)c2)C1. The van der Waals surface area contributed by atoms with E-state index in [1.54, 1.807) is 0 Å². The van der Waals surface area contributed by atoms with Crippen molar-refractivity contribution < 1.29 is 15.0 Å². The van der Waals surface area contributed by atoms with Crippen molar-refractivity contribution in [1.82, 2.24) is 5.32 Å². The minimum atomic E-state index is -1.28. The highest BCUT2D eigenvalue weighted by molar-refractivity contribution is 5.85. The number of aliphatic hydroxyl groups is 2. The quantitative estimate of drug-likeness (QED) is 0.781. The first kappa shape index (κ1) is 18.0. The van der Waals surface area contributed by atoms with Gasteiger partial charge in [-0.15, -0.1) is 0 Å². The van der Waals surface area contributed by atoms with E-state index < -0.39 is 5.60 Å². The fourth-order valence-electron chi connectivity index (χ4n) is 3.81. The van der Waals surface area contributed by atoms with Crippen molar-refractivity contribution in [3.8, 4) is 0 Å². The van der Waals surface area contributed by atoms with Gasteiger partial charge in [-0.25, -0.2) is 0 Å². The molecule has 0 aliphatic heterocycles. The third-order valence-corrected chi connectivity index (χ3v) is 5.07. The molecule has 1 aromatic carbocycles. The van der Waals surface area contributed by atoms with Gasteiger partial charge < -0.3 is 15.5 Å². The van der Waals surface area contributed by atoms with E-state index in [1.807, 2.05) is 24.3 Å². The summed E-state index contributed by atoms with van der Waals surface area (Å²) in [6.07, 6.45) is 2.48. The van der Waals surface area contributed by atoms with Crippen molar-refractivity contribution in [2.45, 2.75) is 58.8 Å². The van der Waals surface area contributed by atoms with Crippen molar-refractivity contribution >= 4 is 5.91 Å². The van der Waals surface area contributed by atoms with Crippen molar-refractivity contribution in [3.05, 3.63) is 35.4 Å². The lowest BCUT2D eigenvalue weighted by Crippen LogP contribution is -2.56. The first-order valence-corrected chi connectivity index (χ1v) is 8.56. The highest BCUT2D eigenvalue weighted by Gasteiger charge is 2.48. The van der Waals surface area contributed by atoms with Crippen LogP contribution in [0.4, 0.5) is 0 Å². The Balaban J connectivity index is 2.07. The molecule has 4 heteroatoms. The monoisotopic (exact) mass is 319 g/mol. The molecule has 1 saturated carbocycles. The van der Waals surface area contributed by atoms with E-state index in [2.05, 4.69) is 26.1 Å². The summed E-state index contributed by atoms with van der Waals surface area (Å²) in [6.45, 7) is 6.60. The molecule has 2 unspecified atom stereocenters. The molecule has 23 heavy (non-hydrogen) atoms. The van der Waals surface area contributed by atoms with Crippen LogP contribution in [-0.4, -0.2) is 21.7 Å². The molecule has 1 aliphatic carbocycles. The van der Waals surface area contributed by atoms with Crippen LogP contribution in [0.2, 0.25) is 0 Å². The predicted octanol–water partition coefficient (Wildman–Crippen LogP) is 2.62. The van der Waals surface area contributed by atoms with Crippen LogP contribution in [0.3, 0.4) is 0 Å². The van der Waals surface area contributed by atoms with Crippen molar-refractivity contribution in [3.63, 3.8) is 0 Å². The standard InChI is InChI=1S/C19H29NO3/c1-13(2)17-8-7-14(3)10-19(17,23)18(22)20-11-15-5-4-6-16(9-15)12-21/h4-6,9,13-14,17,21,23H,7-8,10-12H2,1-3H3,(H,20,22)/t14?,17?,19-/m1/s1. The molecule has 1 aliphatic rings. The van der Waals surface area contributed by atoms with Crippen LogP contribution >= 0.6 is 0 Å². The first-order valence-electron chi connectivity index (χ1n) is 8.56. The summed E-state index contributed by atoms with van der Waals surface area (Å²) in [4.78, 5) is 12.7. The normalized spacial score (nSPS) is 27.9. The first-order chi connectivity index (χ1) is 10.9. The van der Waals surface area contributed by atoms with Crippen LogP contribution in [-0.2, 0) is 17.9 Å². The Morgan fingerprint density at radius 3 is 2.70 bits per heavy atom. The highest BCUT2D eigenvalue weighted by atomic mass is 16.3. The van der Waals surface area contributed by atoms with E-state index >= 15 is 0 Å². The average molecular weight is 319 g/mol. The second kappa shape index (κ2) is 7.45. The molecule has 0 radical (unpaired) electrons. The third-order valence-electron chi connectivity index (χ3n) is 5.07. The molecule has 4 nitrogen and oxygen atoms in total. The van der Waals surface area contributed by atoms with Crippen LogP contribution in [0.1, 0.15) is 51.2 Å². The topological polar surface area (TPSA) is 69.6 Å². The molecule has 1 amide bonds. The molecule has 3 atom stereocenters. The van der Waals surface area contributed by atoms with E-state index in [-0.39, 0.29) is 24.3 Å². The van der Waals surface area contributed by atoms with Crippen LogP contribution in [0, 0.1) is 17.8 Å². The Labute approximate surface area is 138 Å². The van der Waals surface area contributed by atoms with Crippen LogP contribution in [0.5, 0.6) is 0 Å². The van der Waals surface area contributed by atoms with Crippen LogP contribution in [0.15, 0.2) is 24.3 Å². The van der Waals surface area contributed by atoms with Crippen LogP contribution < -0.4 is 5.32 Å². The summed E-state index contributed by atoms with van der Waals surface area (Å²) < 4.78 is 0. The summed E-state index contributed by atoms with van der Waals surface area (Å²) in [5.74, 6) is 0.370. The highest BCUT2D eigenvalue weighted by Crippen LogP contribution is 2.41. The summed E-state index contributed by atoms with van der Waals surface area (Å²) >= 11 is 0. The van der Waals surface area contributed by atoms with Gasteiger partial charge in [0.1, 0.15) is 5.60 Å². The van der Waals surface area contributed by atoms with Gasteiger partial charge in [-0.2, -0.15) is 0 Å². The maximum absolute atomic E-state index is 12.7. The lowest BCUT2D eigenvalue weighted by Gasteiger charge is -2.43. The van der Waals surface area contributed by atoms with Crippen molar-refractivity contribution in [2.75, 3.05) is 0 Å². The minimum Gasteiger partial charge on any atom is -0.392 e. The number of benzene rings is 1. The summed E-state index contributed by atoms with van der Waals surface area (Å²) in [7, 11) is 0. The number of rotatable bonds is 5. The number of carbonyl (C=O) groups excluding carboxylic acids is 1. The lowest BCUT2D eigenvalue weighted by atomic mass is 9.66. The molecule has 0 bridgehead atoms. The lowest BCUT2D eigenvalue weighted by molar-refractivity contribution is -0.156. The van der Waals surface area contributed by atoms with Crippen LogP contribution in [0.25, 0.3) is 0 Å². The molecule has 3 N–H and O–H groups in total. The van der Waals surface area contributed by atoms with Gasteiger partial charge in [-0.3, -0.25) is 4.79 Å². The predicted molar refractivity (Wildman–Crippen MR) is 90.5 cm³/mol. The number of hydrogen-bond donors (Lipinski definition) is 3. The third kappa shape index (κ3) is 4.12. The fourth-order valence-corrected chi connectivity index (χ4v) is 3.81. The number of nitrogens with one attached hydrogen (secondary N) is 1. The van der Waals surface area contributed by atoms with E-state index in [1.165, 1.54) is 0 Å². The number of carbonyl (C=O) groups is 1. The molecular formula is C19H29NO3. The number of hydrogen-bond acceptors (Lipinski definition) is 3. The second-order valence-corrected chi connectivity index (χ2v) is 7.32. The molecule has 0 heterocycles. The number of amides is 1. The molecule has 0 aromatic heterocycles. The molecule has 1 fully saturated rings. The Kier molecular flexibility index (Phi) is 5.82. The zero-order chi connectivity index (χ0) is 17.0. The summed E-state index contributed by atoms with van der Waals surface area (Å²) in [5, 5.41) is 23.1. The molecule has 2 rings (SSSR count). The second-order valence-electron chi connectivity index (χ2n) is 7.32. The zero-order valence-corrected chi connectivity index (χ0v) is 14.4. The number of aliphatic hydroxyl groups excluding tert-OH is 1. The summed E-state index contributed by atoms with van der Waals surface area (Å²) in [5.41, 5.74) is 0.473. The minimum absolute atomic E-state index is 0.00229. The van der Waals surface area contributed by atoms with Gasteiger partial charge in [0.05, 0.1) is 6.61 Å². The largest absolute Gasteiger partial charge is 0.392 e. The maximum Gasteiger partial charge on any atom is 0.252 e. The summed E-state index contributed by atoms with van der Waals surface area (Å²) in [6, 6.07) is 7.48. The molecule has 128 valence electrons. The molecule has 1 aromatic rings. The van der Waals surface area contributed by atoms with Crippen molar-refractivity contribution in [1.29, 1.82) is 0 Å². The Morgan fingerprint density at radius 1 is 1.35 bits per heavy atom. The molecular weight excluding hydrogens is 290 g/mol.